The van der Waals surface area contributed by atoms with Crippen molar-refractivity contribution >= 4 is 5.91 Å². The monoisotopic (exact) mass is 174 g/mol. The van der Waals surface area contributed by atoms with Crippen LogP contribution >= 0.6 is 0 Å². The van der Waals surface area contributed by atoms with Gasteiger partial charge in [0.1, 0.15) is 0 Å². The highest BCUT2D eigenvalue weighted by atomic mass is 16.3. The third-order valence-corrected chi connectivity index (χ3v) is 1.49. The molecule has 0 spiro atoms. The van der Waals surface area contributed by atoms with Crippen molar-refractivity contribution < 1.29 is 9.90 Å². The van der Waals surface area contributed by atoms with E-state index in [0.29, 0.717) is 13.1 Å². The average Bonchev–Trinajstić information content (AvgIpc) is 2.10. The van der Waals surface area contributed by atoms with Crippen LogP contribution in [0.25, 0.3) is 0 Å². The minimum Gasteiger partial charge on any atom is -0.396 e. The van der Waals surface area contributed by atoms with Crippen LogP contribution in [0.3, 0.4) is 0 Å². The Labute approximate surface area is 73.3 Å². The fraction of sp³-hybridized carbons (Fsp3) is 0.875. The van der Waals surface area contributed by atoms with Gasteiger partial charge in [0, 0.05) is 13.2 Å². The first kappa shape index (κ1) is 11.4. The van der Waals surface area contributed by atoms with E-state index in [9.17, 15) is 4.79 Å². The number of nitrogens with one attached hydrogen (secondary N) is 2. The Bertz CT molecular complexity index is 128. The van der Waals surface area contributed by atoms with Crippen molar-refractivity contribution in [1.29, 1.82) is 0 Å². The van der Waals surface area contributed by atoms with Gasteiger partial charge < -0.3 is 15.7 Å². The van der Waals surface area contributed by atoms with Crippen LogP contribution in [0.1, 0.15) is 13.8 Å². The van der Waals surface area contributed by atoms with E-state index < -0.39 is 0 Å². The molecule has 4 heteroatoms. The first-order valence-electron chi connectivity index (χ1n) is 4.29. The molecule has 0 bridgehead atoms. The van der Waals surface area contributed by atoms with Crippen LogP contribution in [0.2, 0.25) is 0 Å². The number of carbonyl (C=O) groups excluding carboxylic acids is 1. The zero-order valence-electron chi connectivity index (χ0n) is 7.76. The molecule has 1 unspecified atom stereocenters. The standard InChI is InChI=1S/C8H18N2O2/c1-3-9-5-8(12)10-4-7(2)6-11/h7,9,11H,3-6H2,1-2H3,(H,10,12). The summed E-state index contributed by atoms with van der Waals surface area (Å²) in [6.45, 7) is 5.64. The summed E-state index contributed by atoms with van der Waals surface area (Å²) < 4.78 is 0. The van der Waals surface area contributed by atoms with E-state index in [4.69, 9.17) is 5.11 Å². The van der Waals surface area contributed by atoms with Gasteiger partial charge in [-0.1, -0.05) is 13.8 Å². The van der Waals surface area contributed by atoms with Crippen LogP contribution < -0.4 is 10.6 Å². The van der Waals surface area contributed by atoms with Crippen molar-refractivity contribution in [2.75, 3.05) is 26.2 Å². The number of aliphatic hydroxyl groups is 1. The maximum absolute atomic E-state index is 11.0. The second-order valence-electron chi connectivity index (χ2n) is 2.87. The van der Waals surface area contributed by atoms with E-state index >= 15 is 0 Å². The van der Waals surface area contributed by atoms with E-state index in [0.717, 1.165) is 6.54 Å². The smallest absolute Gasteiger partial charge is 0.233 e. The van der Waals surface area contributed by atoms with Gasteiger partial charge >= 0.3 is 0 Å². The van der Waals surface area contributed by atoms with Crippen LogP contribution in [0.15, 0.2) is 0 Å². The Morgan fingerprint density at radius 1 is 1.58 bits per heavy atom. The summed E-state index contributed by atoms with van der Waals surface area (Å²) in [5.74, 6) is 0.118. The first-order valence-corrected chi connectivity index (χ1v) is 4.29. The molecule has 0 aromatic rings. The first-order chi connectivity index (χ1) is 5.70. The second kappa shape index (κ2) is 7.06. The fourth-order valence-corrected chi connectivity index (χ4v) is 0.654. The molecular formula is C8H18N2O2. The summed E-state index contributed by atoms with van der Waals surface area (Å²) in [6.07, 6.45) is 0. The number of amides is 1. The molecule has 3 N–H and O–H groups in total. The quantitative estimate of drug-likeness (QED) is 0.501. The van der Waals surface area contributed by atoms with Crippen LogP contribution in [-0.4, -0.2) is 37.3 Å². The van der Waals surface area contributed by atoms with Crippen molar-refractivity contribution in [3.63, 3.8) is 0 Å². The lowest BCUT2D eigenvalue weighted by Crippen LogP contribution is -2.36. The maximum Gasteiger partial charge on any atom is 0.233 e. The van der Waals surface area contributed by atoms with Crippen molar-refractivity contribution in [1.82, 2.24) is 10.6 Å². The Morgan fingerprint density at radius 2 is 2.25 bits per heavy atom. The number of aliphatic hydroxyl groups excluding tert-OH is 1. The van der Waals surface area contributed by atoms with Gasteiger partial charge in [0.15, 0.2) is 0 Å². The maximum atomic E-state index is 11.0. The van der Waals surface area contributed by atoms with Gasteiger partial charge in [-0.25, -0.2) is 0 Å². The summed E-state index contributed by atoms with van der Waals surface area (Å²) in [7, 11) is 0. The minimum atomic E-state index is -0.0165. The third kappa shape index (κ3) is 6.12. The molecule has 0 saturated carbocycles. The molecule has 0 aliphatic heterocycles. The van der Waals surface area contributed by atoms with Gasteiger partial charge in [0.05, 0.1) is 6.54 Å². The van der Waals surface area contributed by atoms with Crippen LogP contribution in [0.4, 0.5) is 0 Å². The van der Waals surface area contributed by atoms with Gasteiger partial charge in [-0.05, 0) is 12.5 Å². The van der Waals surface area contributed by atoms with E-state index in [1.165, 1.54) is 0 Å². The molecule has 1 amide bonds. The summed E-state index contributed by atoms with van der Waals surface area (Å²) in [4.78, 5) is 11.0. The van der Waals surface area contributed by atoms with Gasteiger partial charge in [0.2, 0.25) is 5.91 Å². The normalized spacial score (nSPS) is 12.6. The summed E-state index contributed by atoms with van der Waals surface area (Å²) in [6, 6.07) is 0. The van der Waals surface area contributed by atoms with Crippen LogP contribution in [-0.2, 0) is 4.79 Å². The zero-order chi connectivity index (χ0) is 9.40. The van der Waals surface area contributed by atoms with Crippen LogP contribution in [0.5, 0.6) is 0 Å². The second-order valence-corrected chi connectivity index (χ2v) is 2.87. The Kier molecular flexibility index (Phi) is 6.70. The molecule has 0 rings (SSSR count). The SMILES string of the molecule is CCNCC(=O)NCC(C)CO. The number of hydrogen-bond donors (Lipinski definition) is 3. The Balaban J connectivity index is 3.31. The van der Waals surface area contributed by atoms with E-state index in [1.807, 2.05) is 13.8 Å². The van der Waals surface area contributed by atoms with Gasteiger partial charge in [-0.2, -0.15) is 0 Å². The number of hydrogen-bond acceptors (Lipinski definition) is 3. The predicted molar refractivity (Wildman–Crippen MR) is 47.8 cm³/mol. The summed E-state index contributed by atoms with van der Waals surface area (Å²) >= 11 is 0. The highest BCUT2D eigenvalue weighted by molar-refractivity contribution is 5.77. The van der Waals surface area contributed by atoms with Gasteiger partial charge in [0.25, 0.3) is 0 Å². The lowest BCUT2D eigenvalue weighted by atomic mass is 10.2. The molecule has 72 valence electrons. The lowest BCUT2D eigenvalue weighted by molar-refractivity contribution is -0.120. The van der Waals surface area contributed by atoms with E-state index in [-0.39, 0.29) is 18.4 Å². The molecule has 12 heavy (non-hydrogen) atoms. The molecule has 0 aromatic carbocycles. The van der Waals surface area contributed by atoms with Crippen LogP contribution in [0, 0.1) is 5.92 Å². The Hall–Kier alpha value is -0.610. The van der Waals surface area contributed by atoms with Crippen molar-refractivity contribution in [3.8, 4) is 0 Å². The zero-order valence-corrected chi connectivity index (χ0v) is 7.76. The topological polar surface area (TPSA) is 61.4 Å². The molecular weight excluding hydrogens is 156 g/mol. The van der Waals surface area contributed by atoms with Gasteiger partial charge in [-0.3, -0.25) is 4.79 Å². The molecule has 0 aliphatic carbocycles. The molecule has 1 atom stereocenters. The summed E-state index contributed by atoms with van der Waals surface area (Å²) in [5.41, 5.74) is 0. The molecule has 0 aromatic heterocycles. The van der Waals surface area contributed by atoms with Gasteiger partial charge in [-0.15, -0.1) is 0 Å². The highest BCUT2D eigenvalue weighted by Gasteiger charge is 2.02. The molecule has 0 radical (unpaired) electrons. The number of rotatable bonds is 6. The molecule has 0 fully saturated rings. The molecule has 4 nitrogen and oxygen atoms in total. The molecule has 0 aliphatic rings. The molecule has 0 heterocycles. The predicted octanol–water partition coefficient (Wildman–Crippen LogP) is -0.659. The average molecular weight is 174 g/mol. The van der Waals surface area contributed by atoms with Crippen molar-refractivity contribution in [2.45, 2.75) is 13.8 Å². The minimum absolute atomic E-state index is 0.0165. The summed E-state index contributed by atoms with van der Waals surface area (Å²) in [5, 5.41) is 14.3. The number of likely N-dealkylation sites (N-methyl/N-ethyl adjacent to an activating group) is 1. The number of carbonyl (C=O) groups is 1. The van der Waals surface area contributed by atoms with E-state index in [2.05, 4.69) is 10.6 Å². The largest absolute Gasteiger partial charge is 0.396 e. The Morgan fingerprint density at radius 3 is 2.75 bits per heavy atom. The third-order valence-electron chi connectivity index (χ3n) is 1.49. The fourth-order valence-electron chi connectivity index (χ4n) is 0.654. The van der Waals surface area contributed by atoms with E-state index in [1.54, 1.807) is 0 Å². The lowest BCUT2D eigenvalue weighted by Gasteiger charge is -2.09. The van der Waals surface area contributed by atoms with Crippen molar-refractivity contribution in [3.05, 3.63) is 0 Å². The molecule has 0 saturated heterocycles. The highest BCUT2D eigenvalue weighted by Crippen LogP contribution is 1.87. The van der Waals surface area contributed by atoms with Crippen molar-refractivity contribution in [2.24, 2.45) is 5.92 Å².